The Balaban J connectivity index is 2.06. The van der Waals surface area contributed by atoms with E-state index in [-0.39, 0.29) is 18.0 Å². The number of pyridine rings is 1. The molecule has 1 aromatic carbocycles. The Morgan fingerprint density at radius 3 is 2.84 bits per heavy atom. The first-order valence-electron chi connectivity index (χ1n) is 7.65. The molecule has 2 aromatic rings. The number of nitrogens with zero attached hydrogens (tertiary/aromatic N) is 2. The molecule has 4 N–H and O–H groups in total. The van der Waals surface area contributed by atoms with Crippen molar-refractivity contribution < 1.29 is 18.7 Å². The quantitative estimate of drug-likeness (QED) is 0.867. The maximum atomic E-state index is 13.7. The Morgan fingerprint density at radius 2 is 2.16 bits per heavy atom. The van der Waals surface area contributed by atoms with Crippen molar-refractivity contribution in [1.29, 1.82) is 0 Å². The number of hydrogen-bond donors (Lipinski definition) is 2. The van der Waals surface area contributed by atoms with E-state index in [2.05, 4.69) is 4.98 Å². The standard InChI is InChI=1S/C17H17FN4O3/c1-9(16(20)23)22(17(24)11-3-2-6-21-15(11)19)13-8-25-14-5-4-10(18)7-12(13)14/h2-7,9,13H,8H2,1H3,(H2,19,21)(H2,20,23)/t9-,13-/m1/s1. The highest BCUT2D eigenvalue weighted by atomic mass is 19.1. The summed E-state index contributed by atoms with van der Waals surface area (Å²) in [5.74, 6) is -1.19. The Morgan fingerprint density at radius 1 is 1.40 bits per heavy atom. The average Bonchev–Trinajstić information content (AvgIpc) is 2.98. The molecule has 25 heavy (non-hydrogen) atoms. The van der Waals surface area contributed by atoms with Crippen LogP contribution in [0.4, 0.5) is 10.2 Å². The molecule has 130 valence electrons. The van der Waals surface area contributed by atoms with Crippen LogP contribution in [0.1, 0.15) is 28.9 Å². The zero-order valence-electron chi connectivity index (χ0n) is 13.5. The van der Waals surface area contributed by atoms with Gasteiger partial charge in [-0.1, -0.05) is 0 Å². The molecule has 0 unspecified atom stereocenters. The molecular weight excluding hydrogens is 327 g/mol. The van der Waals surface area contributed by atoms with Crippen molar-refractivity contribution in [2.75, 3.05) is 12.3 Å². The molecule has 3 rings (SSSR count). The molecule has 1 aromatic heterocycles. The van der Waals surface area contributed by atoms with Gasteiger partial charge >= 0.3 is 0 Å². The lowest BCUT2D eigenvalue weighted by atomic mass is 10.0. The molecular formula is C17H17FN4O3. The minimum absolute atomic E-state index is 0.0348. The first-order chi connectivity index (χ1) is 11.9. The topological polar surface area (TPSA) is 112 Å². The van der Waals surface area contributed by atoms with Gasteiger partial charge in [0.1, 0.15) is 30.0 Å². The SMILES string of the molecule is C[C@H](C(N)=O)N(C(=O)c1cccnc1N)[C@@H]1COc2ccc(F)cc21. The van der Waals surface area contributed by atoms with Gasteiger partial charge in [-0.25, -0.2) is 9.37 Å². The second-order valence-corrected chi connectivity index (χ2v) is 5.74. The lowest BCUT2D eigenvalue weighted by Crippen LogP contribution is -2.48. The maximum Gasteiger partial charge on any atom is 0.258 e. The third kappa shape index (κ3) is 2.98. The molecule has 0 radical (unpaired) electrons. The number of primary amides is 1. The van der Waals surface area contributed by atoms with Gasteiger partial charge in [-0.05, 0) is 37.3 Å². The predicted molar refractivity (Wildman–Crippen MR) is 88.1 cm³/mol. The van der Waals surface area contributed by atoms with E-state index in [0.29, 0.717) is 11.3 Å². The van der Waals surface area contributed by atoms with Crippen molar-refractivity contribution >= 4 is 17.6 Å². The van der Waals surface area contributed by atoms with Crippen LogP contribution >= 0.6 is 0 Å². The number of fused-ring (bicyclic) bond motifs is 1. The van der Waals surface area contributed by atoms with Gasteiger partial charge in [0.2, 0.25) is 5.91 Å². The van der Waals surface area contributed by atoms with Crippen LogP contribution in [-0.2, 0) is 4.79 Å². The molecule has 1 aliphatic heterocycles. The fourth-order valence-corrected chi connectivity index (χ4v) is 2.86. The summed E-state index contributed by atoms with van der Waals surface area (Å²) >= 11 is 0. The van der Waals surface area contributed by atoms with Gasteiger partial charge in [-0.2, -0.15) is 0 Å². The van der Waals surface area contributed by atoms with E-state index in [9.17, 15) is 14.0 Å². The van der Waals surface area contributed by atoms with Crippen LogP contribution in [0, 0.1) is 5.82 Å². The van der Waals surface area contributed by atoms with Crippen molar-refractivity contribution in [3.63, 3.8) is 0 Å². The number of carbonyl (C=O) groups is 2. The zero-order chi connectivity index (χ0) is 18.1. The van der Waals surface area contributed by atoms with Gasteiger partial charge in [0.15, 0.2) is 0 Å². The number of nitrogen functional groups attached to an aromatic ring is 1. The summed E-state index contributed by atoms with van der Waals surface area (Å²) in [6.07, 6.45) is 1.46. The van der Waals surface area contributed by atoms with Crippen molar-refractivity contribution in [2.45, 2.75) is 19.0 Å². The number of ether oxygens (including phenoxy) is 1. The fraction of sp³-hybridized carbons (Fsp3) is 0.235. The number of benzene rings is 1. The Hall–Kier alpha value is -3.16. The minimum Gasteiger partial charge on any atom is -0.491 e. The Bertz CT molecular complexity index is 842. The van der Waals surface area contributed by atoms with Crippen LogP contribution < -0.4 is 16.2 Å². The molecule has 2 atom stereocenters. The Kier molecular flexibility index (Phi) is 4.26. The number of nitrogens with two attached hydrogens (primary N) is 2. The summed E-state index contributed by atoms with van der Waals surface area (Å²) in [4.78, 5) is 30.0. The zero-order valence-corrected chi connectivity index (χ0v) is 13.5. The molecule has 2 heterocycles. The number of halogens is 1. The molecule has 1 aliphatic rings. The molecule has 2 amide bonds. The summed E-state index contributed by atoms with van der Waals surface area (Å²) in [5, 5.41) is 0. The molecule has 0 fully saturated rings. The van der Waals surface area contributed by atoms with E-state index in [1.54, 1.807) is 6.07 Å². The third-order valence-corrected chi connectivity index (χ3v) is 4.20. The van der Waals surface area contributed by atoms with Gasteiger partial charge in [-0.3, -0.25) is 9.59 Å². The van der Waals surface area contributed by atoms with E-state index in [1.165, 1.54) is 42.3 Å². The molecule has 0 spiro atoms. The van der Waals surface area contributed by atoms with Crippen molar-refractivity contribution in [1.82, 2.24) is 9.88 Å². The first kappa shape index (κ1) is 16.7. The number of carbonyl (C=O) groups excluding carboxylic acids is 2. The van der Waals surface area contributed by atoms with Crippen LogP contribution in [0.2, 0.25) is 0 Å². The maximum absolute atomic E-state index is 13.7. The summed E-state index contributed by atoms with van der Waals surface area (Å²) in [7, 11) is 0. The van der Waals surface area contributed by atoms with Crippen molar-refractivity contribution in [2.24, 2.45) is 5.73 Å². The number of anilines is 1. The van der Waals surface area contributed by atoms with Gasteiger partial charge in [-0.15, -0.1) is 0 Å². The lowest BCUT2D eigenvalue weighted by Gasteiger charge is -2.32. The minimum atomic E-state index is -0.949. The van der Waals surface area contributed by atoms with Crippen LogP contribution in [0.3, 0.4) is 0 Å². The Labute approximate surface area is 143 Å². The van der Waals surface area contributed by atoms with E-state index in [1.807, 2.05) is 0 Å². The largest absolute Gasteiger partial charge is 0.491 e. The summed E-state index contributed by atoms with van der Waals surface area (Å²) in [5.41, 5.74) is 11.8. The molecule has 0 bridgehead atoms. The molecule has 0 aliphatic carbocycles. The van der Waals surface area contributed by atoms with Crippen LogP contribution in [0.5, 0.6) is 5.75 Å². The number of amides is 2. The molecule has 8 heteroatoms. The number of hydrogen-bond acceptors (Lipinski definition) is 5. The van der Waals surface area contributed by atoms with Gasteiger partial charge in [0.25, 0.3) is 5.91 Å². The monoisotopic (exact) mass is 344 g/mol. The van der Waals surface area contributed by atoms with Crippen LogP contribution in [0.25, 0.3) is 0 Å². The van der Waals surface area contributed by atoms with Crippen molar-refractivity contribution in [3.05, 3.63) is 53.5 Å². The lowest BCUT2D eigenvalue weighted by molar-refractivity contribution is -0.122. The van der Waals surface area contributed by atoms with E-state index in [4.69, 9.17) is 16.2 Å². The fourth-order valence-electron chi connectivity index (χ4n) is 2.86. The van der Waals surface area contributed by atoms with Gasteiger partial charge < -0.3 is 21.1 Å². The second kappa shape index (κ2) is 6.39. The normalized spacial score (nSPS) is 16.6. The predicted octanol–water partition coefficient (Wildman–Crippen LogP) is 1.25. The highest BCUT2D eigenvalue weighted by Gasteiger charge is 2.38. The first-order valence-corrected chi connectivity index (χ1v) is 7.65. The van der Waals surface area contributed by atoms with E-state index in [0.717, 1.165) is 0 Å². The number of rotatable bonds is 4. The highest BCUT2D eigenvalue weighted by Crippen LogP contribution is 2.38. The van der Waals surface area contributed by atoms with Crippen molar-refractivity contribution in [3.8, 4) is 5.75 Å². The summed E-state index contributed by atoms with van der Waals surface area (Å²) in [6, 6.07) is 5.50. The third-order valence-electron chi connectivity index (χ3n) is 4.20. The summed E-state index contributed by atoms with van der Waals surface area (Å²) < 4.78 is 19.2. The number of aromatic nitrogens is 1. The van der Waals surface area contributed by atoms with Gasteiger partial charge in [0, 0.05) is 11.8 Å². The average molecular weight is 344 g/mol. The second-order valence-electron chi connectivity index (χ2n) is 5.74. The highest BCUT2D eigenvalue weighted by molar-refractivity contribution is 6.00. The molecule has 0 saturated carbocycles. The molecule has 0 saturated heterocycles. The smallest absolute Gasteiger partial charge is 0.258 e. The van der Waals surface area contributed by atoms with Gasteiger partial charge in [0.05, 0.1) is 11.6 Å². The van der Waals surface area contributed by atoms with Crippen LogP contribution in [0.15, 0.2) is 36.5 Å². The summed E-state index contributed by atoms with van der Waals surface area (Å²) in [6.45, 7) is 1.59. The molecule has 7 nitrogen and oxygen atoms in total. The van der Waals surface area contributed by atoms with Crippen LogP contribution in [-0.4, -0.2) is 34.3 Å². The van der Waals surface area contributed by atoms with E-state index >= 15 is 0 Å². The van der Waals surface area contributed by atoms with E-state index < -0.39 is 29.7 Å².